The first-order valence-corrected chi connectivity index (χ1v) is 10.5. The number of nitrogens with zero attached hydrogens (tertiary/aromatic N) is 1. The molecule has 2 heterocycles. The monoisotopic (exact) mass is 349 g/mol. The molecule has 1 aliphatic heterocycles. The Morgan fingerprint density at radius 1 is 1.23 bits per heavy atom. The Labute approximate surface area is 144 Å². The average molecular weight is 350 g/mol. The van der Waals surface area contributed by atoms with Gasteiger partial charge in [0.2, 0.25) is 0 Å². The second-order valence-electron chi connectivity index (χ2n) is 5.16. The molecule has 22 heavy (non-hydrogen) atoms. The standard InChI is InChI=1S/C17H19NOS3/c1-20-14-6-3-2-5-13(14)17(19)18-9-8-16(22-12-10-18)15-7-4-11-21-15/h2-7,11,16H,8-10,12H2,1H3. The largest absolute Gasteiger partial charge is 0.338 e. The molecule has 0 spiro atoms. The zero-order chi connectivity index (χ0) is 15.4. The van der Waals surface area contributed by atoms with E-state index in [1.165, 1.54) is 4.88 Å². The van der Waals surface area contributed by atoms with Crippen LogP contribution in [0, 0.1) is 0 Å². The molecule has 3 rings (SSSR count). The number of hydrogen-bond donors (Lipinski definition) is 0. The van der Waals surface area contributed by atoms with Gasteiger partial charge in [0.05, 0.1) is 5.56 Å². The molecule has 2 aromatic rings. The third kappa shape index (κ3) is 3.53. The highest BCUT2D eigenvalue weighted by atomic mass is 32.2. The lowest BCUT2D eigenvalue weighted by Gasteiger charge is -2.21. The van der Waals surface area contributed by atoms with Crippen LogP contribution in [0.15, 0.2) is 46.7 Å². The van der Waals surface area contributed by atoms with Gasteiger partial charge in [-0.2, -0.15) is 11.8 Å². The SMILES string of the molecule is CSc1ccccc1C(=O)N1CCSC(c2cccs2)CC1. The van der Waals surface area contributed by atoms with Crippen molar-refractivity contribution < 1.29 is 4.79 Å². The normalized spacial score (nSPS) is 19.0. The highest BCUT2D eigenvalue weighted by molar-refractivity contribution is 7.99. The van der Waals surface area contributed by atoms with E-state index in [2.05, 4.69) is 17.5 Å². The molecular weight excluding hydrogens is 330 g/mol. The van der Waals surface area contributed by atoms with Crippen molar-refractivity contribution in [3.05, 3.63) is 52.2 Å². The fraction of sp³-hybridized carbons (Fsp3) is 0.353. The second-order valence-corrected chi connectivity index (χ2v) is 8.29. The van der Waals surface area contributed by atoms with E-state index in [9.17, 15) is 4.79 Å². The van der Waals surface area contributed by atoms with E-state index in [1.54, 1.807) is 11.8 Å². The van der Waals surface area contributed by atoms with Crippen molar-refractivity contribution >= 4 is 40.8 Å². The molecule has 1 fully saturated rings. The van der Waals surface area contributed by atoms with Crippen LogP contribution in [0.25, 0.3) is 0 Å². The number of thiophene rings is 1. The van der Waals surface area contributed by atoms with Gasteiger partial charge in [-0.25, -0.2) is 0 Å². The molecule has 0 saturated carbocycles. The summed E-state index contributed by atoms with van der Waals surface area (Å²) >= 11 is 5.44. The van der Waals surface area contributed by atoms with Crippen LogP contribution in [0.3, 0.4) is 0 Å². The lowest BCUT2D eigenvalue weighted by molar-refractivity contribution is 0.0763. The maximum atomic E-state index is 12.8. The van der Waals surface area contributed by atoms with Crippen LogP contribution in [-0.2, 0) is 0 Å². The summed E-state index contributed by atoms with van der Waals surface area (Å²) in [6.07, 6.45) is 3.07. The molecule has 0 bridgehead atoms. The van der Waals surface area contributed by atoms with Crippen LogP contribution in [0.1, 0.15) is 26.9 Å². The van der Waals surface area contributed by atoms with Crippen molar-refractivity contribution in [3.63, 3.8) is 0 Å². The summed E-state index contributed by atoms with van der Waals surface area (Å²) in [6, 6.07) is 12.2. The predicted octanol–water partition coefficient (Wildman–Crippen LogP) is 4.79. The molecule has 1 aromatic carbocycles. The molecule has 0 radical (unpaired) electrons. The Balaban J connectivity index is 1.71. The molecule has 0 N–H and O–H groups in total. The molecule has 1 atom stereocenters. The van der Waals surface area contributed by atoms with Gasteiger partial charge in [-0.05, 0) is 36.3 Å². The van der Waals surface area contributed by atoms with Crippen LogP contribution in [-0.4, -0.2) is 35.9 Å². The van der Waals surface area contributed by atoms with Gasteiger partial charge in [0, 0.05) is 33.9 Å². The fourth-order valence-electron chi connectivity index (χ4n) is 2.67. The first-order chi connectivity index (χ1) is 10.8. The van der Waals surface area contributed by atoms with Gasteiger partial charge in [0.15, 0.2) is 0 Å². The lowest BCUT2D eigenvalue weighted by atomic mass is 10.1. The van der Waals surface area contributed by atoms with Crippen LogP contribution < -0.4 is 0 Å². The van der Waals surface area contributed by atoms with Gasteiger partial charge in [0.25, 0.3) is 5.91 Å². The molecule has 1 saturated heterocycles. The van der Waals surface area contributed by atoms with Gasteiger partial charge in [-0.3, -0.25) is 4.79 Å². The summed E-state index contributed by atoms with van der Waals surface area (Å²) in [5, 5.41) is 2.67. The first-order valence-electron chi connectivity index (χ1n) is 7.37. The Kier molecular flexibility index (Phi) is 5.50. The Bertz CT molecular complexity index is 627. The van der Waals surface area contributed by atoms with Crippen LogP contribution >= 0.6 is 34.9 Å². The van der Waals surface area contributed by atoms with E-state index in [-0.39, 0.29) is 5.91 Å². The molecule has 116 valence electrons. The first kappa shape index (κ1) is 16.0. The van der Waals surface area contributed by atoms with E-state index in [0.717, 1.165) is 35.7 Å². The maximum absolute atomic E-state index is 12.8. The van der Waals surface area contributed by atoms with E-state index in [0.29, 0.717) is 5.25 Å². The van der Waals surface area contributed by atoms with Gasteiger partial charge in [0.1, 0.15) is 0 Å². The number of carbonyl (C=O) groups is 1. The van der Waals surface area contributed by atoms with Gasteiger partial charge in [-0.1, -0.05) is 18.2 Å². The molecule has 5 heteroatoms. The maximum Gasteiger partial charge on any atom is 0.255 e. The Hall–Kier alpha value is -0.910. The van der Waals surface area contributed by atoms with Gasteiger partial charge in [-0.15, -0.1) is 23.1 Å². The highest BCUT2D eigenvalue weighted by Crippen LogP contribution is 2.37. The zero-order valence-corrected chi connectivity index (χ0v) is 15.0. The van der Waals surface area contributed by atoms with Crippen molar-refractivity contribution in [1.82, 2.24) is 4.90 Å². The number of benzene rings is 1. The van der Waals surface area contributed by atoms with E-state index in [1.807, 2.05) is 58.5 Å². The summed E-state index contributed by atoms with van der Waals surface area (Å²) in [4.78, 5) is 17.4. The van der Waals surface area contributed by atoms with Gasteiger partial charge >= 0.3 is 0 Å². The smallest absolute Gasteiger partial charge is 0.255 e. The van der Waals surface area contributed by atoms with Gasteiger partial charge < -0.3 is 4.90 Å². The fourth-order valence-corrected chi connectivity index (χ4v) is 5.49. The average Bonchev–Trinajstić information content (AvgIpc) is 2.99. The molecule has 1 aliphatic rings. The minimum absolute atomic E-state index is 0.178. The van der Waals surface area contributed by atoms with Crippen molar-refractivity contribution in [2.24, 2.45) is 0 Å². The highest BCUT2D eigenvalue weighted by Gasteiger charge is 2.24. The molecule has 1 amide bonds. The number of thioether (sulfide) groups is 2. The molecule has 1 unspecified atom stereocenters. The summed E-state index contributed by atoms with van der Waals surface area (Å²) in [5.41, 5.74) is 0.842. The lowest BCUT2D eigenvalue weighted by Crippen LogP contribution is -2.33. The van der Waals surface area contributed by atoms with Crippen molar-refractivity contribution in [1.29, 1.82) is 0 Å². The number of amides is 1. The Morgan fingerprint density at radius 3 is 2.86 bits per heavy atom. The van der Waals surface area contributed by atoms with E-state index >= 15 is 0 Å². The van der Waals surface area contributed by atoms with Crippen molar-refractivity contribution in [2.45, 2.75) is 16.6 Å². The van der Waals surface area contributed by atoms with Crippen LogP contribution in [0.2, 0.25) is 0 Å². The second kappa shape index (κ2) is 7.57. The van der Waals surface area contributed by atoms with E-state index < -0.39 is 0 Å². The number of carbonyl (C=O) groups excluding carboxylic acids is 1. The molecule has 2 nitrogen and oxygen atoms in total. The van der Waals surface area contributed by atoms with E-state index in [4.69, 9.17) is 0 Å². The summed E-state index contributed by atoms with van der Waals surface area (Å²) in [6.45, 7) is 1.69. The topological polar surface area (TPSA) is 20.3 Å². The minimum atomic E-state index is 0.178. The quantitative estimate of drug-likeness (QED) is 0.743. The molecule has 1 aromatic heterocycles. The van der Waals surface area contributed by atoms with Crippen LogP contribution in [0.5, 0.6) is 0 Å². The third-order valence-corrected chi connectivity index (χ3v) is 7.07. The zero-order valence-electron chi connectivity index (χ0n) is 12.5. The number of rotatable bonds is 3. The number of hydrogen-bond acceptors (Lipinski definition) is 4. The third-order valence-electron chi connectivity index (χ3n) is 3.83. The summed E-state index contributed by atoms with van der Waals surface area (Å²) in [5.74, 6) is 1.19. The summed E-state index contributed by atoms with van der Waals surface area (Å²) < 4.78 is 0. The van der Waals surface area contributed by atoms with Crippen LogP contribution in [0.4, 0.5) is 0 Å². The summed E-state index contributed by atoms with van der Waals surface area (Å²) in [7, 11) is 0. The van der Waals surface area contributed by atoms with Crippen molar-refractivity contribution in [3.8, 4) is 0 Å². The minimum Gasteiger partial charge on any atom is -0.338 e. The molecule has 0 aliphatic carbocycles. The van der Waals surface area contributed by atoms with Crippen molar-refractivity contribution in [2.75, 3.05) is 25.1 Å². The Morgan fingerprint density at radius 2 is 2.09 bits per heavy atom. The predicted molar refractivity (Wildman–Crippen MR) is 98.3 cm³/mol. The molecular formula is C17H19NOS3.